The summed E-state index contributed by atoms with van der Waals surface area (Å²) in [7, 11) is 7.26. The molecule has 0 bridgehead atoms. The number of nitrogens with one attached hydrogen (secondary N) is 1. The number of nitrogens with zero attached hydrogens (tertiary/aromatic N) is 3. The number of hydrogen-bond acceptors (Lipinski definition) is 4. The van der Waals surface area contributed by atoms with Crippen LogP contribution in [0.2, 0.25) is 0 Å². The summed E-state index contributed by atoms with van der Waals surface area (Å²) in [5, 5.41) is 3.50. The van der Waals surface area contributed by atoms with Crippen LogP contribution in [0.5, 0.6) is 11.5 Å². The maximum absolute atomic E-state index is 5.45. The van der Waals surface area contributed by atoms with E-state index in [1.807, 2.05) is 13.1 Å². The third-order valence-electron chi connectivity index (χ3n) is 5.71. The van der Waals surface area contributed by atoms with E-state index < -0.39 is 0 Å². The molecule has 1 aliphatic rings. The van der Waals surface area contributed by atoms with Gasteiger partial charge in [-0.3, -0.25) is 4.99 Å². The highest BCUT2D eigenvalue weighted by Gasteiger charge is 2.13. The van der Waals surface area contributed by atoms with E-state index in [1.165, 1.54) is 69.3 Å². The van der Waals surface area contributed by atoms with Crippen LogP contribution in [0.15, 0.2) is 17.1 Å². The third kappa shape index (κ3) is 8.49. The molecule has 30 heavy (non-hydrogen) atoms. The van der Waals surface area contributed by atoms with Gasteiger partial charge in [-0.2, -0.15) is 0 Å². The highest BCUT2D eigenvalue weighted by atomic mass is 127. The van der Waals surface area contributed by atoms with Crippen LogP contribution in [0.25, 0.3) is 0 Å². The standard InChI is InChI=1S/C23H40N4O2.HI/c1-19-16-21(28-4)22(29-5)17-20(19)18-26(3)23(24-2)25-12-8-6-9-13-27-14-10-7-11-15-27;/h16-17H,6-15,18H2,1-5H3,(H,24,25);1H. The molecule has 0 saturated carbocycles. The topological polar surface area (TPSA) is 49.3 Å². The van der Waals surface area contributed by atoms with Crippen molar-refractivity contribution >= 4 is 29.9 Å². The molecule has 6 nitrogen and oxygen atoms in total. The lowest BCUT2D eigenvalue weighted by Gasteiger charge is -2.26. The van der Waals surface area contributed by atoms with Crippen LogP contribution < -0.4 is 14.8 Å². The first kappa shape index (κ1) is 26.8. The van der Waals surface area contributed by atoms with E-state index in [0.717, 1.165) is 30.5 Å². The Morgan fingerprint density at radius 1 is 1.07 bits per heavy atom. The molecule has 1 heterocycles. The highest BCUT2D eigenvalue weighted by Crippen LogP contribution is 2.30. The Kier molecular flexibility index (Phi) is 13.2. The van der Waals surface area contributed by atoms with E-state index in [0.29, 0.717) is 0 Å². The van der Waals surface area contributed by atoms with Crippen LogP contribution in [0.3, 0.4) is 0 Å². The van der Waals surface area contributed by atoms with Gasteiger partial charge in [0.25, 0.3) is 0 Å². The SMILES string of the molecule is CN=C(NCCCCCN1CCCCC1)N(C)Cc1cc(OC)c(OC)cc1C.I. The Balaban J connectivity index is 0.00000450. The molecule has 0 amide bonds. The Hall–Kier alpha value is -1.22. The summed E-state index contributed by atoms with van der Waals surface area (Å²) in [6.07, 6.45) is 7.90. The lowest BCUT2D eigenvalue weighted by molar-refractivity contribution is 0.224. The first-order valence-corrected chi connectivity index (χ1v) is 10.9. The molecule has 1 aliphatic heterocycles. The summed E-state index contributed by atoms with van der Waals surface area (Å²) in [6.45, 7) is 7.68. The minimum absolute atomic E-state index is 0. The number of piperidine rings is 1. The highest BCUT2D eigenvalue weighted by molar-refractivity contribution is 14.0. The van der Waals surface area contributed by atoms with Gasteiger partial charge in [-0.05, 0) is 75.5 Å². The molecule has 0 aromatic heterocycles. The molecule has 1 fully saturated rings. The molecule has 7 heteroatoms. The molecule has 0 atom stereocenters. The molecule has 1 aromatic rings. The van der Waals surface area contributed by atoms with Gasteiger partial charge in [-0.25, -0.2) is 0 Å². The minimum atomic E-state index is 0. The van der Waals surface area contributed by atoms with Crippen LogP contribution in [-0.2, 0) is 6.54 Å². The molecule has 2 rings (SSSR count). The molecule has 1 saturated heterocycles. The molecular weight excluding hydrogens is 491 g/mol. The summed E-state index contributed by atoms with van der Waals surface area (Å²) in [4.78, 5) is 9.22. The average Bonchev–Trinajstić information content (AvgIpc) is 2.74. The van der Waals surface area contributed by atoms with Crippen molar-refractivity contribution in [2.45, 2.75) is 52.0 Å². The van der Waals surface area contributed by atoms with E-state index in [2.05, 4.69) is 40.1 Å². The number of hydrogen-bond donors (Lipinski definition) is 1. The number of aryl methyl sites for hydroxylation is 1. The van der Waals surface area contributed by atoms with Gasteiger partial charge < -0.3 is 24.6 Å². The molecular formula is C23H41IN4O2. The van der Waals surface area contributed by atoms with Crippen LogP contribution in [-0.4, -0.2) is 70.3 Å². The molecule has 0 radical (unpaired) electrons. The van der Waals surface area contributed by atoms with E-state index in [1.54, 1.807) is 14.2 Å². The van der Waals surface area contributed by atoms with Gasteiger partial charge in [0.1, 0.15) is 0 Å². The number of unbranched alkanes of at least 4 members (excludes halogenated alkanes) is 2. The number of aliphatic imine (C=N–C) groups is 1. The quantitative estimate of drug-likeness (QED) is 0.211. The van der Waals surface area contributed by atoms with Crippen molar-refractivity contribution in [3.05, 3.63) is 23.3 Å². The zero-order chi connectivity index (χ0) is 21.1. The van der Waals surface area contributed by atoms with Crippen molar-refractivity contribution in [1.29, 1.82) is 0 Å². The van der Waals surface area contributed by atoms with Gasteiger partial charge in [-0.1, -0.05) is 12.8 Å². The van der Waals surface area contributed by atoms with Crippen molar-refractivity contribution in [2.24, 2.45) is 4.99 Å². The lowest BCUT2D eigenvalue weighted by atomic mass is 10.1. The second-order valence-electron chi connectivity index (χ2n) is 7.93. The second kappa shape index (κ2) is 14.7. The Labute approximate surface area is 200 Å². The normalized spacial score (nSPS) is 14.8. The average molecular weight is 533 g/mol. The van der Waals surface area contributed by atoms with Gasteiger partial charge >= 0.3 is 0 Å². The number of rotatable bonds is 10. The van der Waals surface area contributed by atoms with E-state index in [9.17, 15) is 0 Å². The lowest BCUT2D eigenvalue weighted by Crippen LogP contribution is -2.39. The van der Waals surface area contributed by atoms with Crippen LogP contribution in [0.1, 0.15) is 49.7 Å². The predicted molar refractivity (Wildman–Crippen MR) is 137 cm³/mol. The monoisotopic (exact) mass is 532 g/mol. The van der Waals surface area contributed by atoms with E-state index in [4.69, 9.17) is 9.47 Å². The zero-order valence-corrected chi connectivity index (χ0v) is 21.8. The smallest absolute Gasteiger partial charge is 0.193 e. The summed E-state index contributed by atoms with van der Waals surface area (Å²) in [6, 6.07) is 4.08. The molecule has 0 spiro atoms. The molecule has 1 N–H and O–H groups in total. The van der Waals surface area contributed by atoms with Crippen molar-refractivity contribution in [1.82, 2.24) is 15.1 Å². The van der Waals surface area contributed by atoms with Gasteiger partial charge in [0.05, 0.1) is 14.2 Å². The van der Waals surface area contributed by atoms with Crippen molar-refractivity contribution in [3.63, 3.8) is 0 Å². The summed E-state index contributed by atoms with van der Waals surface area (Å²) < 4.78 is 10.8. The van der Waals surface area contributed by atoms with E-state index >= 15 is 0 Å². The Morgan fingerprint density at radius 2 is 1.73 bits per heavy atom. The van der Waals surface area contributed by atoms with Gasteiger partial charge in [0.15, 0.2) is 17.5 Å². The second-order valence-corrected chi connectivity index (χ2v) is 7.93. The maximum atomic E-state index is 5.45. The molecule has 1 aromatic carbocycles. The largest absolute Gasteiger partial charge is 0.493 e. The maximum Gasteiger partial charge on any atom is 0.193 e. The number of benzene rings is 1. The van der Waals surface area contributed by atoms with Gasteiger partial charge in [0, 0.05) is 27.2 Å². The van der Waals surface area contributed by atoms with Crippen molar-refractivity contribution < 1.29 is 9.47 Å². The Bertz CT molecular complexity index is 648. The van der Waals surface area contributed by atoms with Crippen LogP contribution >= 0.6 is 24.0 Å². The number of methoxy groups -OCH3 is 2. The molecule has 172 valence electrons. The summed E-state index contributed by atoms with van der Waals surface area (Å²) in [5.74, 6) is 2.46. The van der Waals surface area contributed by atoms with E-state index in [-0.39, 0.29) is 24.0 Å². The van der Waals surface area contributed by atoms with Crippen LogP contribution in [0.4, 0.5) is 0 Å². The van der Waals surface area contributed by atoms with Gasteiger partial charge in [0.2, 0.25) is 0 Å². The predicted octanol–water partition coefficient (Wildman–Crippen LogP) is 4.29. The molecule has 0 aliphatic carbocycles. The fourth-order valence-corrected chi connectivity index (χ4v) is 3.93. The van der Waals surface area contributed by atoms with Crippen LogP contribution in [0, 0.1) is 6.92 Å². The minimum Gasteiger partial charge on any atom is -0.493 e. The van der Waals surface area contributed by atoms with Gasteiger partial charge in [-0.15, -0.1) is 24.0 Å². The number of likely N-dealkylation sites (tertiary alicyclic amines) is 1. The van der Waals surface area contributed by atoms with Crippen molar-refractivity contribution in [2.75, 3.05) is 54.5 Å². The molecule has 0 unspecified atom stereocenters. The summed E-state index contributed by atoms with van der Waals surface area (Å²) >= 11 is 0. The Morgan fingerprint density at radius 3 is 2.37 bits per heavy atom. The van der Waals surface area contributed by atoms with Crippen molar-refractivity contribution in [3.8, 4) is 11.5 Å². The third-order valence-corrected chi connectivity index (χ3v) is 5.71. The zero-order valence-electron chi connectivity index (χ0n) is 19.5. The summed E-state index contributed by atoms with van der Waals surface area (Å²) in [5.41, 5.74) is 2.39. The first-order valence-electron chi connectivity index (χ1n) is 10.9. The number of guanidine groups is 1. The fraction of sp³-hybridized carbons (Fsp3) is 0.696. The first-order chi connectivity index (χ1) is 14.1. The number of ether oxygens (including phenoxy) is 2. The fourth-order valence-electron chi connectivity index (χ4n) is 3.93. The number of halogens is 1.